The zero-order valence-electron chi connectivity index (χ0n) is 14.4. The van der Waals surface area contributed by atoms with Gasteiger partial charge in [-0.3, -0.25) is 0 Å². The lowest BCUT2D eigenvalue weighted by Crippen LogP contribution is -2.28. The minimum absolute atomic E-state index is 0.239. The van der Waals surface area contributed by atoms with Crippen molar-refractivity contribution in [2.75, 3.05) is 5.73 Å². The molecule has 1 aromatic carbocycles. The smallest absolute Gasteiger partial charge is 0.142 e. The summed E-state index contributed by atoms with van der Waals surface area (Å²) < 4.78 is 1.02. The molecule has 2 aromatic rings. The average Bonchev–Trinajstić information content (AvgIpc) is 2.53. The van der Waals surface area contributed by atoms with E-state index in [1.807, 2.05) is 24.3 Å². The average molecular weight is 384 g/mol. The number of fused-ring (bicyclic) bond motifs is 1. The van der Waals surface area contributed by atoms with Crippen LogP contribution in [0.15, 0.2) is 28.7 Å². The van der Waals surface area contributed by atoms with Gasteiger partial charge < -0.3 is 5.73 Å². The van der Waals surface area contributed by atoms with Gasteiger partial charge in [-0.15, -0.1) is 0 Å². The molecule has 0 saturated carbocycles. The van der Waals surface area contributed by atoms with Crippen LogP contribution in [0.25, 0.3) is 11.1 Å². The molecule has 124 valence electrons. The van der Waals surface area contributed by atoms with E-state index in [2.05, 4.69) is 47.8 Å². The molecule has 1 atom stereocenters. The van der Waals surface area contributed by atoms with E-state index in [9.17, 15) is 5.26 Å². The minimum atomic E-state index is 0.239. The molecule has 0 saturated heterocycles. The molecule has 0 aliphatic heterocycles. The number of hydrogen-bond donors (Lipinski definition) is 1. The van der Waals surface area contributed by atoms with Gasteiger partial charge in [-0.25, -0.2) is 4.98 Å². The topological polar surface area (TPSA) is 62.7 Å². The molecular formula is C20H22BrN3. The lowest BCUT2D eigenvalue weighted by atomic mass is 9.70. The van der Waals surface area contributed by atoms with Crippen LogP contribution < -0.4 is 5.73 Å². The van der Waals surface area contributed by atoms with Crippen molar-refractivity contribution < 1.29 is 0 Å². The number of benzene rings is 1. The summed E-state index contributed by atoms with van der Waals surface area (Å²) in [5.41, 5.74) is 11.1. The van der Waals surface area contributed by atoms with Gasteiger partial charge in [0.1, 0.15) is 17.5 Å². The van der Waals surface area contributed by atoms with E-state index in [0.717, 1.165) is 40.6 Å². The first-order valence-electron chi connectivity index (χ1n) is 8.28. The molecule has 3 nitrogen and oxygen atoms in total. The van der Waals surface area contributed by atoms with Crippen LogP contribution in [0.5, 0.6) is 0 Å². The van der Waals surface area contributed by atoms with E-state index in [1.54, 1.807) is 0 Å². The Morgan fingerprint density at radius 2 is 1.92 bits per heavy atom. The van der Waals surface area contributed by atoms with E-state index in [4.69, 9.17) is 5.73 Å². The van der Waals surface area contributed by atoms with Crippen LogP contribution in [-0.4, -0.2) is 4.98 Å². The normalized spacial score (nSPS) is 17.2. The number of aryl methyl sites for hydroxylation is 1. The second-order valence-electron chi connectivity index (χ2n) is 7.60. The molecule has 1 aliphatic carbocycles. The van der Waals surface area contributed by atoms with Crippen LogP contribution in [0.3, 0.4) is 0 Å². The third-order valence-corrected chi connectivity index (χ3v) is 5.59. The number of hydrogen-bond acceptors (Lipinski definition) is 3. The standard InChI is InChI=1S/C20H22BrN3/c1-20(2,3)13-6-9-17-15(10-13)18(16(11-22)19(23)24-17)12-4-7-14(21)8-5-12/h4-5,7-8,13H,6,9-10H2,1-3H3,(H2,23,24). The van der Waals surface area contributed by atoms with Crippen LogP contribution in [0, 0.1) is 22.7 Å². The van der Waals surface area contributed by atoms with Crippen LogP contribution in [0.1, 0.15) is 44.0 Å². The predicted molar refractivity (Wildman–Crippen MR) is 101 cm³/mol. The van der Waals surface area contributed by atoms with E-state index >= 15 is 0 Å². The highest BCUT2D eigenvalue weighted by Gasteiger charge is 2.32. The van der Waals surface area contributed by atoms with Gasteiger partial charge >= 0.3 is 0 Å². The highest BCUT2D eigenvalue weighted by molar-refractivity contribution is 9.10. The first-order valence-corrected chi connectivity index (χ1v) is 9.08. The molecule has 0 amide bonds. The molecule has 1 aliphatic rings. The molecule has 1 heterocycles. The highest BCUT2D eigenvalue weighted by atomic mass is 79.9. The van der Waals surface area contributed by atoms with Gasteiger partial charge in [-0.05, 0) is 53.9 Å². The van der Waals surface area contributed by atoms with E-state index in [0.29, 0.717) is 17.3 Å². The predicted octanol–water partition coefficient (Wildman–Crippen LogP) is 5.12. The minimum Gasteiger partial charge on any atom is -0.383 e. The molecule has 1 unspecified atom stereocenters. The maximum Gasteiger partial charge on any atom is 0.142 e. The van der Waals surface area contributed by atoms with Crippen molar-refractivity contribution in [3.8, 4) is 17.2 Å². The number of halogens is 1. The van der Waals surface area contributed by atoms with Gasteiger partial charge in [0.2, 0.25) is 0 Å². The Kier molecular flexibility index (Phi) is 4.40. The quantitative estimate of drug-likeness (QED) is 0.743. The van der Waals surface area contributed by atoms with Gasteiger partial charge in [0.05, 0.1) is 0 Å². The fourth-order valence-electron chi connectivity index (χ4n) is 3.57. The molecule has 1 aromatic heterocycles. The maximum atomic E-state index is 9.66. The van der Waals surface area contributed by atoms with Gasteiger partial charge in [-0.1, -0.05) is 48.8 Å². The fourth-order valence-corrected chi connectivity index (χ4v) is 3.83. The molecule has 0 radical (unpaired) electrons. The number of anilines is 1. The summed E-state index contributed by atoms with van der Waals surface area (Å²) in [6.45, 7) is 6.87. The number of rotatable bonds is 1. The Morgan fingerprint density at radius 3 is 2.50 bits per heavy atom. The number of nitriles is 1. The van der Waals surface area contributed by atoms with Gasteiger partial charge in [0.15, 0.2) is 0 Å². The molecule has 4 heteroatoms. The van der Waals surface area contributed by atoms with Gasteiger partial charge in [-0.2, -0.15) is 5.26 Å². The summed E-state index contributed by atoms with van der Waals surface area (Å²) in [7, 11) is 0. The van der Waals surface area contributed by atoms with Crippen molar-refractivity contribution >= 4 is 21.7 Å². The Morgan fingerprint density at radius 1 is 1.25 bits per heavy atom. The zero-order chi connectivity index (χ0) is 17.5. The summed E-state index contributed by atoms with van der Waals surface area (Å²) in [5, 5.41) is 9.66. The lowest BCUT2D eigenvalue weighted by molar-refractivity contribution is 0.215. The highest BCUT2D eigenvalue weighted by Crippen LogP contribution is 2.42. The number of pyridine rings is 1. The van der Waals surface area contributed by atoms with Crippen molar-refractivity contribution in [1.29, 1.82) is 5.26 Å². The first-order chi connectivity index (χ1) is 11.3. The second-order valence-corrected chi connectivity index (χ2v) is 8.51. The maximum absolute atomic E-state index is 9.66. The van der Waals surface area contributed by atoms with Crippen molar-refractivity contribution in [3.05, 3.63) is 45.6 Å². The Labute approximate surface area is 152 Å². The van der Waals surface area contributed by atoms with Gasteiger partial charge in [0.25, 0.3) is 0 Å². The summed E-state index contributed by atoms with van der Waals surface area (Å²) in [5.74, 6) is 0.930. The largest absolute Gasteiger partial charge is 0.383 e. The molecule has 24 heavy (non-hydrogen) atoms. The van der Waals surface area contributed by atoms with E-state index < -0.39 is 0 Å². The number of nitrogens with zero attached hydrogens (tertiary/aromatic N) is 2. The Balaban J connectivity index is 2.22. The number of nitrogens with two attached hydrogens (primary N) is 1. The molecule has 3 rings (SSSR count). The molecule has 0 spiro atoms. The fraction of sp³-hybridized carbons (Fsp3) is 0.400. The zero-order valence-corrected chi connectivity index (χ0v) is 15.9. The van der Waals surface area contributed by atoms with Crippen LogP contribution in [0.2, 0.25) is 0 Å². The molecule has 2 N–H and O–H groups in total. The second kappa shape index (κ2) is 6.22. The van der Waals surface area contributed by atoms with Crippen molar-refractivity contribution in [2.45, 2.75) is 40.0 Å². The van der Waals surface area contributed by atoms with E-state index in [-0.39, 0.29) is 5.41 Å². The molecule has 0 fully saturated rings. The van der Waals surface area contributed by atoms with E-state index in [1.165, 1.54) is 5.56 Å². The van der Waals surface area contributed by atoms with Crippen molar-refractivity contribution in [2.24, 2.45) is 11.3 Å². The Hall–Kier alpha value is -1.86. The van der Waals surface area contributed by atoms with Crippen LogP contribution in [0.4, 0.5) is 5.82 Å². The summed E-state index contributed by atoms with van der Waals surface area (Å²) in [6.07, 6.45) is 3.00. The molecule has 0 bridgehead atoms. The van der Waals surface area contributed by atoms with Crippen LogP contribution >= 0.6 is 15.9 Å². The SMILES string of the molecule is CC(C)(C)C1CCc2nc(N)c(C#N)c(-c3ccc(Br)cc3)c2C1. The lowest BCUT2D eigenvalue weighted by Gasteiger charge is -2.35. The Bertz CT molecular complexity index is 811. The number of nitrogen functional groups attached to an aromatic ring is 1. The van der Waals surface area contributed by atoms with Crippen molar-refractivity contribution in [1.82, 2.24) is 4.98 Å². The third-order valence-electron chi connectivity index (χ3n) is 5.06. The summed E-state index contributed by atoms with van der Waals surface area (Å²) in [6, 6.07) is 10.4. The van der Waals surface area contributed by atoms with Gasteiger partial charge in [0, 0.05) is 15.7 Å². The summed E-state index contributed by atoms with van der Waals surface area (Å²) in [4.78, 5) is 4.55. The number of aromatic nitrogens is 1. The monoisotopic (exact) mass is 383 g/mol. The van der Waals surface area contributed by atoms with Crippen molar-refractivity contribution in [3.63, 3.8) is 0 Å². The first kappa shape index (κ1) is 17.0. The third kappa shape index (κ3) is 3.06. The molecular weight excluding hydrogens is 362 g/mol. The van der Waals surface area contributed by atoms with Crippen LogP contribution in [-0.2, 0) is 12.8 Å². The summed E-state index contributed by atoms with van der Waals surface area (Å²) >= 11 is 3.48.